The van der Waals surface area contributed by atoms with E-state index in [4.69, 9.17) is 9.90 Å². The van der Waals surface area contributed by atoms with E-state index in [-0.39, 0.29) is 17.2 Å². The fraction of sp³-hybridized carbons (Fsp3) is 0.0476. The van der Waals surface area contributed by atoms with Gasteiger partial charge in [0.2, 0.25) is 0 Å². The lowest BCUT2D eigenvalue weighted by Crippen LogP contribution is -2.21. The molecule has 0 fully saturated rings. The van der Waals surface area contributed by atoms with Crippen molar-refractivity contribution in [2.75, 3.05) is 10.6 Å². The van der Waals surface area contributed by atoms with E-state index in [0.717, 1.165) is 50.4 Å². The first-order chi connectivity index (χ1) is 27.3. The lowest BCUT2D eigenvalue weighted by Gasteiger charge is -2.13. The molecule has 8 aromatic rings. The van der Waals surface area contributed by atoms with Gasteiger partial charge in [0.1, 0.15) is 24.3 Å². The van der Waals surface area contributed by atoms with Gasteiger partial charge in [0.25, 0.3) is 0 Å². The number of fused-ring (bicyclic) bond motifs is 2. The van der Waals surface area contributed by atoms with Gasteiger partial charge in [-0.05, 0) is 116 Å². The van der Waals surface area contributed by atoms with Crippen LogP contribution in [-0.2, 0) is 4.79 Å². The van der Waals surface area contributed by atoms with E-state index in [2.05, 4.69) is 49.4 Å². The van der Waals surface area contributed by atoms with Crippen LogP contribution in [0.4, 0.5) is 44.7 Å². The molecule has 0 atom stereocenters. The van der Waals surface area contributed by atoms with Crippen molar-refractivity contribution in [3.8, 4) is 11.4 Å². The highest BCUT2D eigenvalue weighted by Gasteiger charge is 2.38. The van der Waals surface area contributed by atoms with Crippen molar-refractivity contribution in [2.24, 2.45) is 0 Å². The predicted octanol–water partition coefficient (Wildman–Crippen LogP) is 10.5. The minimum Gasteiger partial charge on any atom is -0.478 e. The molecule has 6 aromatic carbocycles. The average Bonchev–Trinajstić information content (AvgIpc) is 3.83. The van der Waals surface area contributed by atoms with Gasteiger partial charge in [-0.15, -0.1) is 0 Å². The van der Waals surface area contributed by atoms with Gasteiger partial charge in [-0.25, -0.2) is 28.3 Å². The maximum Gasteiger partial charge on any atom is 0.490 e. The second kappa shape index (κ2) is 16.9. The zero-order chi connectivity index (χ0) is 40.7. The van der Waals surface area contributed by atoms with Crippen molar-refractivity contribution in [2.45, 2.75) is 13.1 Å². The third-order valence-electron chi connectivity index (χ3n) is 8.41. The summed E-state index contributed by atoms with van der Waals surface area (Å²) in [5.74, 6) is -4.40. The van der Waals surface area contributed by atoms with Gasteiger partial charge in [0.05, 0.1) is 33.3 Å². The number of aliphatic carboxylic acids is 1. The molecule has 0 saturated carbocycles. The number of carbonyl (C=O) groups is 2. The Labute approximate surface area is 321 Å². The van der Waals surface area contributed by atoms with E-state index < -0.39 is 18.1 Å². The summed E-state index contributed by atoms with van der Waals surface area (Å²) in [6.07, 6.45) is -1.56. The number of alkyl halides is 3. The summed E-state index contributed by atoms with van der Waals surface area (Å²) in [4.78, 5) is 29.3. The van der Waals surface area contributed by atoms with Crippen molar-refractivity contribution in [3.63, 3.8) is 0 Å². The zero-order valence-corrected chi connectivity index (χ0v) is 29.7. The smallest absolute Gasteiger partial charge is 0.478 e. The molecule has 0 saturated heterocycles. The van der Waals surface area contributed by atoms with E-state index in [9.17, 15) is 31.9 Å². The molecule has 0 radical (unpaired) electrons. The number of rotatable bonds is 7. The number of halogens is 5. The van der Waals surface area contributed by atoms with Crippen LogP contribution in [0.15, 0.2) is 146 Å². The highest BCUT2D eigenvalue weighted by Crippen LogP contribution is 2.28. The number of para-hydroxylation sites is 4. The summed E-state index contributed by atoms with van der Waals surface area (Å²) in [6.45, 7) is 2.04. The Hall–Kier alpha value is -7.55. The Bertz CT molecular complexity index is 2680. The molecule has 57 heavy (non-hydrogen) atoms. The standard InChI is InChI=1S/C20H14FN3O2.C20H16FN3.C2HF3O2/c21-13-5-7-14(8-6-13)23-18-11-15(9-10-16(18)20(25)26)24-12-22-17-3-1-2-4-19(17)24;1-14-6-11-17(24-13-22-18-4-2-3-5-20(18)24)12-19(14)23-16-9-7-15(21)8-10-16;3-2(4,5)1(6)7/h1-12,23H,(H,25,26);2-13,23H,1H3;(H,6,7). The number of carboxylic acids is 2. The molecule has 4 N–H and O–H groups in total. The predicted molar refractivity (Wildman–Crippen MR) is 207 cm³/mol. The minimum absolute atomic E-state index is 0.127. The number of hydrogen-bond donors (Lipinski definition) is 4. The molecule has 2 heterocycles. The number of aryl methyl sites for hydroxylation is 1. The van der Waals surface area contributed by atoms with Crippen LogP contribution in [0.25, 0.3) is 33.4 Å². The van der Waals surface area contributed by atoms with Crippen LogP contribution in [0.2, 0.25) is 0 Å². The van der Waals surface area contributed by atoms with Crippen molar-refractivity contribution < 1.29 is 41.8 Å². The molecule has 8 rings (SSSR count). The summed E-state index contributed by atoms with van der Waals surface area (Å²) in [5.41, 5.74) is 9.69. The van der Waals surface area contributed by atoms with E-state index in [1.54, 1.807) is 42.7 Å². The number of hydrogen-bond acceptors (Lipinski definition) is 6. The van der Waals surface area contributed by atoms with Crippen molar-refractivity contribution in [1.82, 2.24) is 19.1 Å². The lowest BCUT2D eigenvalue weighted by atomic mass is 10.1. The zero-order valence-electron chi connectivity index (χ0n) is 29.7. The van der Waals surface area contributed by atoms with Crippen molar-refractivity contribution in [1.29, 1.82) is 0 Å². The number of nitrogens with one attached hydrogen (secondary N) is 2. The van der Waals surface area contributed by atoms with Crippen LogP contribution in [0.5, 0.6) is 0 Å². The molecule has 0 bridgehead atoms. The topological polar surface area (TPSA) is 134 Å². The highest BCUT2D eigenvalue weighted by molar-refractivity contribution is 5.96. The van der Waals surface area contributed by atoms with Crippen LogP contribution in [0.1, 0.15) is 15.9 Å². The summed E-state index contributed by atoms with van der Waals surface area (Å²) in [7, 11) is 0. The first-order valence-electron chi connectivity index (χ1n) is 16.9. The summed E-state index contributed by atoms with van der Waals surface area (Å²) in [5, 5.41) is 23.0. The molecule has 0 aliphatic rings. The van der Waals surface area contributed by atoms with E-state index >= 15 is 0 Å². The first-order valence-corrected chi connectivity index (χ1v) is 16.9. The Morgan fingerprint density at radius 1 is 0.596 bits per heavy atom. The Balaban J connectivity index is 0.000000166. The van der Waals surface area contributed by atoms with Crippen LogP contribution in [0.3, 0.4) is 0 Å². The largest absolute Gasteiger partial charge is 0.490 e. The third-order valence-corrected chi connectivity index (χ3v) is 8.41. The Morgan fingerprint density at radius 3 is 1.47 bits per heavy atom. The highest BCUT2D eigenvalue weighted by atomic mass is 19.4. The fourth-order valence-corrected chi connectivity index (χ4v) is 5.57. The van der Waals surface area contributed by atoms with Crippen molar-refractivity contribution >= 4 is 56.8 Å². The molecule has 0 unspecified atom stereocenters. The summed E-state index contributed by atoms with van der Waals surface area (Å²) in [6, 6.07) is 39.0. The molecule has 0 aliphatic carbocycles. The molecule has 0 aliphatic heterocycles. The van der Waals surface area contributed by atoms with Crippen LogP contribution in [0, 0.1) is 18.6 Å². The quantitative estimate of drug-likeness (QED) is 0.118. The maximum atomic E-state index is 13.1. The number of aromatic nitrogens is 4. The maximum absolute atomic E-state index is 13.1. The Morgan fingerprint density at radius 2 is 1.02 bits per heavy atom. The van der Waals surface area contributed by atoms with Gasteiger partial charge in [-0.2, -0.15) is 13.2 Å². The molecule has 2 aromatic heterocycles. The van der Waals surface area contributed by atoms with Crippen molar-refractivity contribution in [3.05, 3.63) is 169 Å². The molecule has 10 nitrogen and oxygen atoms in total. The van der Waals surface area contributed by atoms with E-state index in [0.29, 0.717) is 11.4 Å². The lowest BCUT2D eigenvalue weighted by molar-refractivity contribution is -0.192. The number of carboxylic acid groups (broad SMARTS) is 2. The average molecular weight is 779 g/mol. The van der Waals surface area contributed by atoms with Gasteiger partial charge in [-0.1, -0.05) is 30.3 Å². The number of benzene rings is 6. The molecule has 288 valence electrons. The number of nitrogens with zero attached hydrogens (tertiary/aromatic N) is 4. The van der Waals surface area contributed by atoms with Crippen LogP contribution in [-0.4, -0.2) is 47.4 Å². The molecular formula is C42H31F5N6O4. The van der Waals surface area contributed by atoms with Gasteiger partial charge in [0, 0.05) is 28.4 Å². The van der Waals surface area contributed by atoms with Gasteiger partial charge in [0.15, 0.2) is 0 Å². The second-order valence-electron chi connectivity index (χ2n) is 12.3. The van der Waals surface area contributed by atoms with Crippen LogP contribution >= 0.6 is 0 Å². The van der Waals surface area contributed by atoms with Gasteiger partial charge < -0.3 is 20.8 Å². The molecule has 0 amide bonds. The van der Waals surface area contributed by atoms with E-state index in [1.807, 2.05) is 60.3 Å². The third kappa shape index (κ3) is 9.58. The fourth-order valence-electron chi connectivity index (χ4n) is 5.57. The SMILES string of the molecule is Cc1ccc(-n2cnc3ccccc32)cc1Nc1ccc(F)cc1.O=C(O)C(F)(F)F.O=C(O)c1ccc(-n2cnc3ccccc32)cc1Nc1ccc(F)cc1. The van der Waals surface area contributed by atoms with Crippen LogP contribution < -0.4 is 10.6 Å². The number of anilines is 4. The first kappa shape index (κ1) is 39.2. The molecule has 0 spiro atoms. The number of aromatic carboxylic acids is 1. The number of imidazole rings is 2. The summed E-state index contributed by atoms with van der Waals surface area (Å²) < 4.78 is 61.8. The Kier molecular flexibility index (Phi) is 11.6. The van der Waals surface area contributed by atoms with E-state index in [1.165, 1.54) is 30.3 Å². The minimum atomic E-state index is -5.08. The van der Waals surface area contributed by atoms with Gasteiger partial charge in [-0.3, -0.25) is 9.13 Å². The summed E-state index contributed by atoms with van der Waals surface area (Å²) >= 11 is 0. The molecule has 15 heteroatoms. The van der Waals surface area contributed by atoms with Gasteiger partial charge >= 0.3 is 18.1 Å². The second-order valence-corrected chi connectivity index (χ2v) is 12.3. The monoisotopic (exact) mass is 778 g/mol. The molecular weight excluding hydrogens is 747 g/mol. The normalized spacial score (nSPS) is 10.9.